The van der Waals surface area contributed by atoms with E-state index in [0.29, 0.717) is 6.42 Å². The van der Waals surface area contributed by atoms with Crippen LogP contribution in [0.15, 0.2) is 47.1 Å². The van der Waals surface area contributed by atoms with Crippen LogP contribution in [0.25, 0.3) is 5.65 Å². The van der Waals surface area contributed by atoms with Crippen molar-refractivity contribution in [2.24, 2.45) is 0 Å². The van der Waals surface area contributed by atoms with E-state index in [2.05, 4.69) is 26.1 Å². The summed E-state index contributed by atoms with van der Waals surface area (Å²) in [5.41, 5.74) is 1.81. The molecule has 1 aromatic carbocycles. The summed E-state index contributed by atoms with van der Waals surface area (Å²) >= 11 is 3.42. The summed E-state index contributed by atoms with van der Waals surface area (Å²) in [5, 5.41) is 8.24. The van der Waals surface area contributed by atoms with Crippen molar-refractivity contribution in [1.29, 1.82) is 0 Å². The number of aromatic nitrogens is 3. The van der Waals surface area contributed by atoms with Crippen LogP contribution in [0.3, 0.4) is 0 Å². The van der Waals surface area contributed by atoms with E-state index in [9.17, 15) is 4.39 Å². The van der Waals surface area contributed by atoms with Gasteiger partial charge in [-0.05, 0) is 45.8 Å². The zero-order chi connectivity index (χ0) is 12.5. The van der Waals surface area contributed by atoms with Gasteiger partial charge in [-0.25, -0.2) is 4.39 Å². The molecule has 0 atom stereocenters. The molecule has 0 saturated carbocycles. The third-order valence-electron chi connectivity index (χ3n) is 2.71. The van der Waals surface area contributed by atoms with Crippen molar-refractivity contribution < 1.29 is 4.39 Å². The number of benzene rings is 1. The van der Waals surface area contributed by atoms with Gasteiger partial charge in [-0.15, -0.1) is 10.2 Å². The minimum atomic E-state index is -0.229. The SMILES string of the molecule is Fc1ccc(Cc2nnc3ccc(Br)cn23)cc1. The predicted molar refractivity (Wildman–Crippen MR) is 69.9 cm³/mol. The summed E-state index contributed by atoms with van der Waals surface area (Å²) in [5.74, 6) is 0.602. The normalized spacial score (nSPS) is 11.0. The Morgan fingerprint density at radius 2 is 1.83 bits per heavy atom. The van der Waals surface area contributed by atoms with Crippen LogP contribution in [-0.4, -0.2) is 14.6 Å². The van der Waals surface area contributed by atoms with Crippen molar-refractivity contribution in [2.45, 2.75) is 6.42 Å². The van der Waals surface area contributed by atoms with Crippen LogP contribution in [0.4, 0.5) is 4.39 Å². The van der Waals surface area contributed by atoms with Gasteiger partial charge < -0.3 is 0 Å². The third kappa shape index (κ3) is 2.13. The summed E-state index contributed by atoms with van der Waals surface area (Å²) in [6.45, 7) is 0. The summed E-state index contributed by atoms with van der Waals surface area (Å²) in [6.07, 6.45) is 2.55. The lowest BCUT2D eigenvalue weighted by Gasteiger charge is -2.01. The zero-order valence-electron chi connectivity index (χ0n) is 9.35. The zero-order valence-corrected chi connectivity index (χ0v) is 10.9. The van der Waals surface area contributed by atoms with Crippen LogP contribution in [0, 0.1) is 5.82 Å². The van der Waals surface area contributed by atoms with E-state index in [1.165, 1.54) is 12.1 Å². The average Bonchev–Trinajstić information content (AvgIpc) is 2.75. The topological polar surface area (TPSA) is 30.2 Å². The molecule has 0 amide bonds. The molecule has 18 heavy (non-hydrogen) atoms. The highest BCUT2D eigenvalue weighted by Crippen LogP contribution is 2.14. The maximum Gasteiger partial charge on any atom is 0.160 e. The van der Waals surface area contributed by atoms with Gasteiger partial charge in [-0.2, -0.15) is 0 Å². The Morgan fingerprint density at radius 1 is 1.06 bits per heavy atom. The van der Waals surface area contributed by atoms with Crippen molar-refractivity contribution in [3.05, 3.63) is 64.3 Å². The largest absolute Gasteiger partial charge is 0.285 e. The van der Waals surface area contributed by atoms with E-state index in [0.717, 1.165) is 21.5 Å². The van der Waals surface area contributed by atoms with E-state index in [1.54, 1.807) is 12.1 Å². The molecule has 0 radical (unpaired) electrons. The van der Waals surface area contributed by atoms with E-state index in [4.69, 9.17) is 0 Å². The van der Waals surface area contributed by atoms with Crippen LogP contribution in [-0.2, 0) is 6.42 Å². The van der Waals surface area contributed by atoms with E-state index in [-0.39, 0.29) is 5.82 Å². The van der Waals surface area contributed by atoms with Crippen molar-refractivity contribution in [3.8, 4) is 0 Å². The number of rotatable bonds is 2. The molecule has 3 rings (SSSR count). The fourth-order valence-corrected chi connectivity index (χ4v) is 2.15. The number of pyridine rings is 1. The fourth-order valence-electron chi connectivity index (χ4n) is 1.82. The summed E-state index contributed by atoms with van der Waals surface area (Å²) in [6, 6.07) is 10.2. The Balaban J connectivity index is 1.99. The van der Waals surface area contributed by atoms with Crippen molar-refractivity contribution in [1.82, 2.24) is 14.6 Å². The van der Waals surface area contributed by atoms with E-state index in [1.807, 2.05) is 22.7 Å². The maximum atomic E-state index is 12.8. The second-order valence-electron chi connectivity index (χ2n) is 3.99. The number of hydrogen-bond acceptors (Lipinski definition) is 2. The molecule has 5 heteroatoms. The standard InChI is InChI=1S/C13H9BrFN3/c14-10-3-6-12-16-17-13(18(12)8-10)7-9-1-4-11(15)5-2-9/h1-6,8H,7H2. The van der Waals surface area contributed by atoms with Crippen LogP contribution >= 0.6 is 15.9 Å². The predicted octanol–water partition coefficient (Wildman–Crippen LogP) is 3.22. The quantitative estimate of drug-likeness (QED) is 0.727. The van der Waals surface area contributed by atoms with Crippen molar-refractivity contribution in [3.63, 3.8) is 0 Å². The molecular formula is C13H9BrFN3. The second kappa shape index (κ2) is 4.49. The maximum absolute atomic E-state index is 12.8. The van der Waals surface area contributed by atoms with Crippen LogP contribution in [0.1, 0.15) is 11.4 Å². The lowest BCUT2D eigenvalue weighted by Crippen LogP contribution is -1.96. The molecule has 0 aliphatic carbocycles. The number of fused-ring (bicyclic) bond motifs is 1. The lowest BCUT2D eigenvalue weighted by atomic mass is 10.1. The van der Waals surface area contributed by atoms with Gasteiger partial charge in [0.25, 0.3) is 0 Å². The van der Waals surface area contributed by atoms with Gasteiger partial charge in [-0.3, -0.25) is 4.40 Å². The molecule has 0 aliphatic rings. The summed E-state index contributed by atoms with van der Waals surface area (Å²) < 4.78 is 15.7. The first kappa shape index (κ1) is 11.3. The van der Waals surface area contributed by atoms with Gasteiger partial charge in [-0.1, -0.05) is 12.1 Å². The lowest BCUT2D eigenvalue weighted by molar-refractivity contribution is 0.627. The molecule has 2 heterocycles. The molecule has 0 spiro atoms. The molecule has 0 bridgehead atoms. The van der Waals surface area contributed by atoms with E-state index >= 15 is 0 Å². The Kier molecular flexibility index (Phi) is 2.83. The average molecular weight is 306 g/mol. The van der Waals surface area contributed by atoms with E-state index < -0.39 is 0 Å². The van der Waals surface area contributed by atoms with Gasteiger partial charge in [0.05, 0.1) is 0 Å². The number of halogens is 2. The van der Waals surface area contributed by atoms with Crippen LogP contribution in [0.2, 0.25) is 0 Å². The Morgan fingerprint density at radius 3 is 2.61 bits per heavy atom. The molecule has 0 fully saturated rings. The molecule has 90 valence electrons. The number of hydrogen-bond donors (Lipinski definition) is 0. The second-order valence-corrected chi connectivity index (χ2v) is 4.91. The molecular weight excluding hydrogens is 297 g/mol. The monoisotopic (exact) mass is 305 g/mol. The van der Waals surface area contributed by atoms with Gasteiger partial charge >= 0.3 is 0 Å². The Bertz CT molecular complexity index is 691. The summed E-state index contributed by atoms with van der Waals surface area (Å²) in [7, 11) is 0. The third-order valence-corrected chi connectivity index (χ3v) is 3.18. The minimum absolute atomic E-state index is 0.229. The first-order valence-electron chi connectivity index (χ1n) is 5.46. The molecule has 3 aromatic rings. The smallest absolute Gasteiger partial charge is 0.160 e. The van der Waals surface area contributed by atoms with Gasteiger partial charge in [0, 0.05) is 17.1 Å². The molecule has 0 aliphatic heterocycles. The summed E-state index contributed by atoms with van der Waals surface area (Å²) in [4.78, 5) is 0. The van der Waals surface area contributed by atoms with Gasteiger partial charge in [0.2, 0.25) is 0 Å². The molecule has 0 N–H and O–H groups in total. The first-order valence-corrected chi connectivity index (χ1v) is 6.25. The van der Waals surface area contributed by atoms with Gasteiger partial charge in [0.15, 0.2) is 5.65 Å². The van der Waals surface area contributed by atoms with Crippen molar-refractivity contribution >= 4 is 21.6 Å². The Hall–Kier alpha value is -1.75. The first-order chi connectivity index (χ1) is 8.72. The highest BCUT2D eigenvalue weighted by Gasteiger charge is 2.06. The number of nitrogens with zero attached hydrogens (tertiary/aromatic N) is 3. The fraction of sp³-hybridized carbons (Fsp3) is 0.0769. The minimum Gasteiger partial charge on any atom is -0.285 e. The highest BCUT2D eigenvalue weighted by atomic mass is 79.9. The molecule has 0 saturated heterocycles. The van der Waals surface area contributed by atoms with Crippen molar-refractivity contribution in [2.75, 3.05) is 0 Å². The molecule has 3 nitrogen and oxygen atoms in total. The van der Waals surface area contributed by atoms with Crippen LogP contribution in [0.5, 0.6) is 0 Å². The Labute approximate surface area is 111 Å². The highest BCUT2D eigenvalue weighted by molar-refractivity contribution is 9.10. The van der Waals surface area contributed by atoms with Gasteiger partial charge in [0.1, 0.15) is 11.6 Å². The molecule has 2 aromatic heterocycles. The van der Waals surface area contributed by atoms with Crippen LogP contribution < -0.4 is 0 Å². The molecule has 0 unspecified atom stereocenters.